The first-order valence-corrected chi connectivity index (χ1v) is 6.51. The van der Waals surface area contributed by atoms with Gasteiger partial charge in [-0.1, -0.05) is 36.4 Å². The fourth-order valence-electron chi connectivity index (χ4n) is 2.05. The Kier molecular flexibility index (Phi) is 4.91. The van der Waals surface area contributed by atoms with Gasteiger partial charge in [0.2, 0.25) is 0 Å². The highest BCUT2D eigenvalue weighted by atomic mass is 14.9. The zero-order valence-corrected chi connectivity index (χ0v) is 10.8. The predicted octanol–water partition coefficient (Wildman–Crippen LogP) is 2.84. The van der Waals surface area contributed by atoms with Crippen molar-refractivity contribution in [2.45, 2.75) is 25.8 Å². The van der Waals surface area contributed by atoms with Crippen molar-refractivity contribution in [2.75, 3.05) is 6.54 Å². The van der Waals surface area contributed by atoms with Crippen LogP contribution in [0.1, 0.15) is 18.1 Å². The van der Waals surface area contributed by atoms with Crippen molar-refractivity contribution in [3.63, 3.8) is 0 Å². The highest BCUT2D eigenvalue weighted by molar-refractivity contribution is 5.15. The number of aromatic nitrogens is 1. The van der Waals surface area contributed by atoms with Crippen molar-refractivity contribution in [3.05, 3.63) is 66.0 Å². The van der Waals surface area contributed by atoms with Crippen LogP contribution in [-0.4, -0.2) is 17.6 Å². The van der Waals surface area contributed by atoms with E-state index in [1.165, 1.54) is 11.1 Å². The number of nitrogens with zero attached hydrogens (tertiary/aromatic N) is 1. The molecule has 0 saturated heterocycles. The van der Waals surface area contributed by atoms with Gasteiger partial charge in [-0.3, -0.25) is 4.98 Å². The summed E-state index contributed by atoms with van der Waals surface area (Å²) in [6, 6.07) is 15.2. The summed E-state index contributed by atoms with van der Waals surface area (Å²) in [5, 5.41) is 3.55. The third-order valence-corrected chi connectivity index (χ3v) is 3.01. The molecule has 18 heavy (non-hydrogen) atoms. The Hall–Kier alpha value is -1.67. The minimum absolute atomic E-state index is 0.504. The molecule has 0 fully saturated rings. The van der Waals surface area contributed by atoms with Crippen molar-refractivity contribution in [2.24, 2.45) is 0 Å². The molecule has 2 rings (SSSR count). The topological polar surface area (TPSA) is 24.9 Å². The molecule has 1 unspecified atom stereocenters. The van der Waals surface area contributed by atoms with E-state index >= 15 is 0 Å². The first kappa shape index (κ1) is 12.8. The minimum atomic E-state index is 0.504. The Bertz CT molecular complexity index is 439. The van der Waals surface area contributed by atoms with E-state index in [2.05, 4.69) is 53.6 Å². The highest BCUT2D eigenvalue weighted by Gasteiger charge is 2.02. The number of nitrogens with one attached hydrogen (secondary N) is 1. The Balaban J connectivity index is 1.71. The lowest BCUT2D eigenvalue weighted by Gasteiger charge is -2.13. The van der Waals surface area contributed by atoms with Gasteiger partial charge in [0.15, 0.2) is 0 Å². The maximum Gasteiger partial charge on any atom is 0.0300 e. The molecule has 1 heterocycles. The van der Waals surface area contributed by atoms with E-state index in [0.717, 1.165) is 19.4 Å². The lowest BCUT2D eigenvalue weighted by Crippen LogP contribution is -2.29. The van der Waals surface area contributed by atoms with Crippen LogP contribution in [-0.2, 0) is 12.8 Å². The molecule has 0 aliphatic carbocycles. The van der Waals surface area contributed by atoms with Gasteiger partial charge in [0.1, 0.15) is 0 Å². The molecule has 1 atom stereocenters. The smallest absolute Gasteiger partial charge is 0.0300 e. The van der Waals surface area contributed by atoms with Gasteiger partial charge >= 0.3 is 0 Å². The van der Waals surface area contributed by atoms with Crippen LogP contribution in [0.4, 0.5) is 0 Å². The van der Waals surface area contributed by atoms with Crippen LogP contribution >= 0.6 is 0 Å². The molecule has 2 heteroatoms. The van der Waals surface area contributed by atoms with Gasteiger partial charge in [-0.15, -0.1) is 0 Å². The molecule has 1 aromatic carbocycles. The summed E-state index contributed by atoms with van der Waals surface area (Å²) in [7, 11) is 0. The summed E-state index contributed by atoms with van der Waals surface area (Å²) in [6.45, 7) is 3.23. The number of hydrogen-bond acceptors (Lipinski definition) is 2. The Morgan fingerprint density at radius 1 is 1.06 bits per heavy atom. The fourth-order valence-corrected chi connectivity index (χ4v) is 2.05. The predicted molar refractivity (Wildman–Crippen MR) is 75.6 cm³/mol. The minimum Gasteiger partial charge on any atom is -0.314 e. The Labute approximate surface area is 109 Å². The summed E-state index contributed by atoms with van der Waals surface area (Å²) < 4.78 is 0. The largest absolute Gasteiger partial charge is 0.314 e. The van der Waals surface area contributed by atoms with Gasteiger partial charge in [0.25, 0.3) is 0 Å². The van der Waals surface area contributed by atoms with Crippen LogP contribution in [0.2, 0.25) is 0 Å². The van der Waals surface area contributed by atoms with E-state index in [-0.39, 0.29) is 0 Å². The van der Waals surface area contributed by atoms with Crippen molar-refractivity contribution < 1.29 is 0 Å². The van der Waals surface area contributed by atoms with Crippen LogP contribution in [0.15, 0.2) is 54.9 Å². The number of hydrogen-bond donors (Lipinski definition) is 1. The number of pyridine rings is 1. The van der Waals surface area contributed by atoms with Gasteiger partial charge < -0.3 is 5.32 Å². The third kappa shape index (κ3) is 4.30. The maximum absolute atomic E-state index is 4.12. The second-order valence-corrected chi connectivity index (χ2v) is 4.66. The zero-order chi connectivity index (χ0) is 12.6. The molecule has 0 radical (unpaired) electrons. The van der Waals surface area contributed by atoms with Gasteiger partial charge in [-0.05, 0) is 43.5 Å². The van der Waals surface area contributed by atoms with Gasteiger partial charge in [-0.2, -0.15) is 0 Å². The summed E-state index contributed by atoms with van der Waals surface area (Å²) in [4.78, 5) is 4.12. The maximum atomic E-state index is 4.12. The van der Waals surface area contributed by atoms with Crippen molar-refractivity contribution in [1.82, 2.24) is 10.3 Å². The Morgan fingerprint density at radius 2 is 1.83 bits per heavy atom. The monoisotopic (exact) mass is 240 g/mol. The summed E-state index contributed by atoms with van der Waals surface area (Å²) in [5.74, 6) is 0. The van der Waals surface area contributed by atoms with Gasteiger partial charge in [0, 0.05) is 18.4 Å². The van der Waals surface area contributed by atoms with Crippen LogP contribution < -0.4 is 5.32 Å². The van der Waals surface area contributed by atoms with E-state index in [0.29, 0.717) is 6.04 Å². The quantitative estimate of drug-likeness (QED) is 0.840. The van der Waals surface area contributed by atoms with Crippen molar-refractivity contribution >= 4 is 0 Å². The standard InChI is InChI=1S/C16H20N2/c1-14(12-15-6-3-2-4-7-15)18-11-9-16-8-5-10-17-13-16/h2-8,10,13-14,18H,9,11-12H2,1H3. The summed E-state index contributed by atoms with van der Waals surface area (Å²) in [5.41, 5.74) is 2.68. The highest BCUT2D eigenvalue weighted by Crippen LogP contribution is 2.03. The van der Waals surface area contributed by atoms with Gasteiger partial charge in [0.05, 0.1) is 0 Å². The van der Waals surface area contributed by atoms with E-state index in [4.69, 9.17) is 0 Å². The fraction of sp³-hybridized carbons (Fsp3) is 0.312. The van der Waals surface area contributed by atoms with E-state index in [1.54, 1.807) is 0 Å². The average Bonchev–Trinajstić information content (AvgIpc) is 2.41. The summed E-state index contributed by atoms with van der Waals surface area (Å²) >= 11 is 0. The van der Waals surface area contributed by atoms with Crippen LogP contribution in [0.25, 0.3) is 0 Å². The Morgan fingerprint density at radius 3 is 2.56 bits per heavy atom. The zero-order valence-electron chi connectivity index (χ0n) is 10.8. The van der Waals surface area contributed by atoms with Crippen LogP contribution in [0, 0.1) is 0 Å². The number of benzene rings is 1. The van der Waals surface area contributed by atoms with Crippen molar-refractivity contribution in [3.8, 4) is 0 Å². The van der Waals surface area contributed by atoms with E-state index in [9.17, 15) is 0 Å². The molecule has 1 aromatic heterocycles. The third-order valence-electron chi connectivity index (χ3n) is 3.01. The van der Waals surface area contributed by atoms with Crippen LogP contribution in [0.5, 0.6) is 0 Å². The molecule has 0 saturated carbocycles. The normalized spacial score (nSPS) is 12.3. The first-order valence-electron chi connectivity index (χ1n) is 6.51. The molecule has 1 N–H and O–H groups in total. The van der Waals surface area contributed by atoms with E-state index in [1.807, 2.05) is 18.5 Å². The molecule has 94 valence electrons. The average molecular weight is 240 g/mol. The lowest BCUT2D eigenvalue weighted by molar-refractivity contribution is 0.548. The first-order chi connectivity index (χ1) is 8.84. The molecule has 0 aliphatic heterocycles. The van der Waals surface area contributed by atoms with E-state index < -0.39 is 0 Å². The molecule has 0 aliphatic rings. The van der Waals surface area contributed by atoms with Crippen molar-refractivity contribution in [1.29, 1.82) is 0 Å². The molecular weight excluding hydrogens is 220 g/mol. The molecule has 2 aromatic rings. The second kappa shape index (κ2) is 6.92. The SMILES string of the molecule is CC(Cc1ccccc1)NCCc1cccnc1. The molecule has 2 nitrogen and oxygen atoms in total. The molecule has 0 bridgehead atoms. The van der Waals surface area contributed by atoms with Crippen LogP contribution in [0.3, 0.4) is 0 Å². The molecule has 0 amide bonds. The number of rotatable bonds is 6. The molecule has 0 spiro atoms. The molecular formula is C16H20N2. The second-order valence-electron chi connectivity index (χ2n) is 4.66. The summed E-state index contributed by atoms with van der Waals surface area (Å²) in [6.07, 6.45) is 5.86. The van der Waals surface area contributed by atoms with Gasteiger partial charge in [-0.25, -0.2) is 0 Å². The lowest BCUT2D eigenvalue weighted by atomic mass is 10.1.